The van der Waals surface area contributed by atoms with Gasteiger partial charge in [-0.15, -0.1) is 0 Å². The third-order valence-corrected chi connectivity index (χ3v) is 3.09. The maximum atomic E-state index is 11.6. The van der Waals surface area contributed by atoms with Gasteiger partial charge in [-0.05, 0) is 18.4 Å². The summed E-state index contributed by atoms with van der Waals surface area (Å²) in [4.78, 5) is 11.6. The number of hydrogen-bond acceptors (Lipinski definition) is 2. The molecule has 3 nitrogen and oxygen atoms in total. The molecule has 0 aliphatic carbocycles. The van der Waals surface area contributed by atoms with Crippen molar-refractivity contribution in [2.75, 3.05) is 13.2 Å². The lowest BCUT2D eigenvalue weighted by Crippen LogP contribution is -2.36. The Labute approximate surface area is 109 Å². The van der Waals surface area contributed by atoms with Crippen molar-refractivity contribution in [2.24, 2.45) is 0 Å². The summed E-state index contributed by atoms with van der Waals surface area (Å²) in [6.07, 6.45) is 1.93. The van der Waals surface area contributed by atoms with Gasteiger partial charge < -0.3 is 10.4 Å². The maximum Gasteiger partial charge on any atom is 0.220 e. The molecule has 0 radical (unpaired) electrons. The standard InChI is InChI=1S/C15H23NO2/c1-15(2,13-8-4-3-5-9-13)12-16-14(18)10-6-7-11-17/h3-5,8-9,17H,6-7,10-12H2,1-2H3,(H,16,18). The minimum atomic E-state index is -0.0616. The molecule has 3 heteroatoms. The van der Waals surface area contributed by atoms with Crippen LogP contribution in [0.3, 0.4) is 0 Å². The van der Waals surface area contributed by atoms with E-state index in [1.807, 2.05) is 18.2 Å². The van der Waals surface area contributed by atoms with Crippen LogP contribution in [0, 0.1) is 0 Å². The van der Waals surface area contributed by atoms with Crippen LogP contribution in [0.4, 0.5) is 0 Å². The average molecular weight is 249 g/mol. The number of carbonyl (C=O) groups excluding carboxylic acids is 1. The molecule has 0 bridgehead atoms. The molecule has 1 amide bonds. The van der Waals surface area contributed by atoms with Gasteiger partial charge in [0.2, 0.25) is 5.91 Å². The van der Waals surface area contributed by atoms with E-state index in [2.05, 4.69) is 31.3 Å². The van der Waals surface area contributed by atoms with Crippen LogP contribution in [-0.2, 0) is 10.2 Å². The van der Waals surface area contributed by atoms with E-state index in [9.17, 15) is 4.79 Å². The van der Waals surface area contributed by atoms with E-state index in [1.54, 1.807) is 0 Å². The zero-order chi connectivity index (χ0) is 13.4. The summed E-state index contributed by atoms with van der Waals surface area (Å²) >= 11 is 0. The smallest absolute Gasteiger partial charge is 0.220 e. The molecule has 1 aromatic rings. The number of nitrogens with one attached hydrogen (secondary N) is 1. The Hall–Kier alpha value is -1.35. The number of unbranched alkanes of at least 4 members (excludes halogenated alkanes) is 1. The van der Waals surface area contributed by atoms with Crippen LogP contribution in [-0.4, -0.2) is 24.2 Å². The molecule has 0 aliphatic heterocycles. The van der Waals surface area contributed by atoms with Gasteiger partial charge in [0.15, 0.2) is 0 Å². The fourth-order valence-electron chi connectivity index (χ4n) is 1.80. The molecule has 0 saturated carbocycles. The number of carbonyl (C=O) groups is 1. The predicted molar refractivity (Wildman–Crippen MR) is 73.4 cm³/mol. The summed E-state index contributed by atoms with van der Waals surface area (Å²) in [5.41, 5.74) is 1.16. The van der Waals surface area contributed by atoms with Crippen molar-refractivity contribution in [2.45, 2.75) is 38.5 Å². The van der Waals surface area contributed by atoms with E-state index in [4.69, 9.17) is 5.11 Å². The molecule has 100 valence electrons. The highest BCUT2D eigenvalue weighted by Crippen LogP contribution is 2.21. The van der Waals surface area contributed by atoms with E-state index in [0.717, 1.165) is 6.42 Å². The first kappa shape index (κ1) is 14.7. The van der Waals surface area contributed by atoms with E-state index in [1.165, 1.54) is 5.56 Å². The molecular formula is C15H23NO2. The van der Waals surface area contributed by atoms with Crippen LogP contribution in [0.15, 0.2) is 30.3 Å². The highest BCUT2D eigenvalue weighted by molar-refractivity contribution is 5.75. The topological polar surface area (TPSA) is 49.3 Å². The normalized spacial score (nSPS) is 11.3. The van der Waals surface area contributed by atoms with Crippen LogP contribution >= 0.6 is 0 Å². The Kier molecular flexibility index (Phi) is 5.86. The van der Waals surface area contributed by atoms with Crippen molar-refractivity contribution < 1.29 is 9.90 Å². The molecular weight excluding hydrogens is 226 g/mol. The van der Waals surface area contributed by atoms with Gasteiger partial charge in [-0.2, -0.15) is 0 Å². The Bertz CT molecular complexity index is 360. The van der Waals surface area contributed by atoms with Crippen molar-refractivity contribution >= 4 is 5.91 Å². The van der Waals surface area contributed by atoms with Crippen molar-refractivity contribution in [1.29, 1.82) is 0 Å². The lowest BCUT2D eigenvalue weighted by atomic mass is 9.84. The zero-order valence-corrected chi connectivity index (χ0v) is 11.3. The van der Waals surface area contributed by atoms with Crippen molar-refractivity contribution in [3.05, 3.63) is 35.9 Å². The molecule has 0 fully saturated rings. The third-order valence-electron chi connectivity index (χ3n) is 3.09. The molecule has 0 spiro atoms. The van der Waals surface area contributed by atoms with Crippen LogP contribution in [0.1, 0.15) is 38.7 Å². The fourth-order valence-corrected chi connectivity index (χ4v) is 1.80. The Morgan fingerprint density at radius 3 is 2.50 bits per heavy atom. The second kappa shape index (κ2) is 7.17. The highest BCUT2D eigenvalue weighted by Gasteiger charge is 2.20. The molecule has 2 N–H and O–H groups in total. The number of aliphatic hydroxyl groups excluding tert-OH is 1. The van der Waals surface area contributed by atoms with Crippen molar-refractivity contribution in [3.8, 4) is 0 Å². The first-order chi connectivity index (χ1) is 8.56. The van der Waals surface area contributed by atoms with Gasteiger partial charge in [-0.3, -0.25) is 4.79 Å². The molecule has 0 aliphatic rings. The molecule has 0 aromatic heterocycles. The maximum absolute atomic E-state index is 11.6. The van der Waals surface area contributed by atoms with Gasteiger partial charge >= 0.3 is 0 Å². The largest absolute Gasteiger partial charge is 0.396 e. The summed E-state index contributed by atoms with van der Waals surface area (Å²) in [6, 6.07) is 10.2. The van der Waals surface area contributed by atoms with Crippen LogP contribution in [0.25, 0.3) is 0 Å². The molecule has 0 heterocycles. The first-order valence-corrected chi connectivity index (χ1v) is 6.49. The van der Waals surface area contributed by atoms with Gasteiger partial charge in [0, 0.05) is 25.0 Å². The minimum absolute atomic E-state index is 0.0616. The lowest BCUT2D eigenvalue weighted by molar-refractivity contribution is -0.121. The second-order valence-electron chi connectivity index (χ2n) is 5.21. The molecule has 0 atom stereocenters. The Morgan fingerprint density at radius 2 is 1.89 bits per heavy atom. The van der Waals surface area contributed by atoms with Gasteiger partial charge in [0.05, 0.1) is 0 Å². The summed E-state index contributed by atoms with van der Waals surface area (Å²) in [5, 5.41) is 11.6. The van der Waals surface area contributed by atoms with Gasteiger partial charge in [-0.25, -0.2) is 0 Å². The molecule has 1 rings (SSSR count). The van der Waals surface area contributed by atoms with Crippen molar-refractivity contribution in [3.63, 3.8) is 0 Å². The molecule has 1 aromatic carbocycles. The first-order valence-electron chi connectivity index (χ1n) is 6.49. The number of rotatable bonds is 7. The second-order valence-corrected chi connectivity index (χ2v) is 5.21. The fraction of sp³-hybridized carbons (Fsp3) is 0.533. The quantitative estimate of drug-likeness (QED) is 0.728. The number of benzene rings is 1. The monoisotopic (exact) mass is 249 g/mol. The van der Waals surface area contributed by atoms with Crippen LogP contribution in [0.2, 0.25) is 0 Å². The predicted octanol–water partition coefficient (Wildman–Crippen LogP) is 2.24. The van der Waals surface area contributed by atoms with E-state index in [0.29, 0.717) is 19.4 Å². The Morgan fingerprint density at radius 1 is 1.22 bits per heavy atom. The SMILES string of the molecule is CC(C)(CNC(=O)CCCCO)c1ccccc1. The number of amides is 1. The molecule has 18 heavy (non-hydrogen) atoms. The number of hydrogen-bond donors (Lipinski definition) is 2. The summed E-state index contributed by atoms with van der Waals surface area (Å²) in [5.74, 6) is 0.0625. The van der Waals surface area contributed by atoms with Gasteiger partial charge in [0.25, 0.3) is 0 Å². The Balaban J connectivity index is 2.40. The zero-order valence-electron chi connectivity index (χ0n) is 11.3. The summed E-state index contributed by atoms with van der Waals surface area (Å²) < 4.78 is 0. The van der Waals surface area contributed by atoms with Crippen molar-refractivity contribution in [1.82, 2.24) is 5.32 Å². The van der Waals surface area contributed by atoms with E-state index >= 15 is 0 Å². The van der Waals surface area contributed by atoms with Crippen LogP contribution < -0.4 is 5.32 Å². The summed E-state index contributed by atoms with van der Waals surface area (Å²) in [6.45, 7) is 5.03. The van der Waals surface area contributed by atoms with Crippen LogP contribution in [0.5, 0.6) is 0 Å². The third kappa shape index (κ3) is 4.88. The van der Waals surface area contributed by atoms with Gasteiger partial charge in [0.1, 0.15) is 0 Å². The highest BCUT2D eigenvalue weighted by atomic mass is 16.2. The minimum Gasteiger partial charge on any atom is -0.396 e. The average Bonchev–Trinajstić information content (AvgIpc) is 2.38. The molecule has 0 saturated heterocycles. The summed E-state index contributed by atoms with van der Waals surface area (Å²) in [7, 11) is 0. The lowest BCUT2D eigenvalue weighted by Gasteiger charge is -2.25. The number of aliphatic hydroxyl groups is 1. The molecule has 0 unspecified atom stereocenters. The van der Waals surface area contributed by atoms with Gasteiger partial charge in [-0.1, -0.05) is 44.2 Å². The van der Waals surface area contributed by atoms with E-state index in [-0.39, 0.29) is 17.9 Å². The van der Waals surface area contributed by atoms with E-state index < -0.39 is 0 Å².